The molecule has 3 nitrogen and oxygen atoms in total. The summed E-state index contributed by atoms with van der Waals surface area (Å²) < 4.78 is 0. The second-order valence-electron chi connectivity index (χ2n) is 4.75. The summed E-state index contributed by atoms with van der Waals surface area (Å²) in [5, 5.41) is 0.438. The molecule has 0 radical (unpaired) electrons. The average molecular weight is 321 g/mol. The standard InChI is InChI=1S/C16H17ClN2OS/c1-3-19(10-12-6-4-5-11(2)18-12)16(20)14-9-13(21)7-8-15(14)17/h4-9,21H,3,10H2,1-2H3. The van der Waals surface area contributed by atoms with Crippen LogP contribution in [0, 0.1) is 6.92 Å². The zero-order chi connectivity index (χ0) is 15.4. The number of halogens is 1. The van der Waals surface area contributed by atoms with E-state index in [0.717, 1.165) is 11.4 Å². The Morgan fingerprint density at radius 2 is 2.10 bits per heavy atom. The summed E-state index contributed by atoms with van der Waals surface area (Å²) in [7, 11) is 0. The summed E-state index contributed by atoms with van der Waals surface area (Å²) in [4.78, 5) is 19.5. The third kappa shape index (κ3) is 3.99. The van der Waals surface area contributed by atoms with Gasteiger partial charge in [-0.05, 0) is 44.2 Å². The van der Waals surface area contributed by atoms with Crippen molar-refractivity contribution in [2.75, 3.05) is 6.54 Å². The van der Waals surface area contributed by atoms with Crippen molar-refractivity contribution in [1.82, 2.24) is 9.88 Å². The van der Waals surface area contributed by atoms with Crippen LogP contribution in [0.2, 0.25) is 5.02 Å². The fourth-order valence-corrected chi connectivity index (χ4v) is 2.46. The fourth-order valence-electron chi connectivity index (χ4n) is 2.06. The molecule has 2 rings (SSSR count). The highest BCUT2D eigenvalue weighted by atomic mass is 35.5. The Morgan fingerprint density at radius 3 is 2.76 bits per heavy atom. The zero-order valence-corrected chi connectivity index (χ0v) is 13.7. The summed E-state index contributed by atoms with van der Waals surface area (Å²) in [5.74, 6) is -0.110. The number of carbonyl (C=O) groups excluding carboxylic acids is 1. The maximum Gasteiger partial charge on any atom is 0.255 e. The van der Waals surface area contributed by atoms with Gasteiger partial charge in [0.15, 0.2) is 0 Å². The number of benzene rings is 1. The first-order chi connectivity index (χ1) is 10.0. The summed E-state index contributed by atoms with van der Waals surface area (Å²) in [6.45, 7) is 4.92. The van der Waals surface area contributed by atoms with Crippen molar-refractivity contribution < 1.29 is 4.79 Å². The third-order valence-electron chi connectivity index (χ3n) is 3.15. The SMILES string of the molecule is CCN(Cc1cccc(C)n1)C(=O)c1cc(S)ccc1Cl. The van der Waals surface area contributed by atoms with Gasteiger partial charge in [-0.25, -0.2) is 0 Å². The molecule has 0 N–H and O–H groups in total. The number of pyridine rings is 1. The highest BCUT2D eigenvalue weighted by molar-refractivity contribution is 7.80. The topological polar surface area (TPSA) is 33.2 Å². The Balaban J connectivity index is 2.24. The largest absolute Gasteiger partial charge is 0.333 e. The first kappa shape index (κ1) is 15.9. The van der Waals surface area contributed by atoms with E-state index in [1.54, 1.807) is 23.1 Å². The number of amides is 1. The van der Waals surface area contributed by atoms with E-state index in [1.165, 1.54) is 0 Å². The molecule has 0 aliphatic carbocycles. The molecule has 0 bridgehead atoms. The lowest BCUT2D eigenvalue weighted by atomic mass is 10.2. The molecule has 1 aromatic carbocycles. The Morgan fingerprint density at radius 1 is 1.33 bits per heavy atom. The molecule has 0 saturated carbocycles. The number of aryl methyl sites for hydroxylation is 1. The highest BCUT2D eigenvalue weighted by Gasteiger charge is 2.18. The van der Waals surface area contributed by atoms with Gasteiger partial charge in [0.1, 0.15) is 0 Å². The van der Waals surface area contributed by atoms with Crippen LogP contribution in [0.5, 0.6) is 0 Å². The van der Waals surface area contributed by atoms with Crippen molar-refractivity contribution in [2.24, 2.45) is 0 Å². The molecule has 1 aromatic heterocycles. The molecule has 0 unspecified atom stereocenters. The number of thiol groups is 1. The fraction of sp³-hybridized carbons (Fsp3) is 0.250. The number of nitrogens with zero attached hydrogens (tertiary/aromatic N) is 2. The van der Waals surface area contributed by atoms with E-state index in [-0.39, 0.29) is 5.91 Å². The van der Waals surface area contributed by atoms with Crippen molar-refractivity contribution >= 4 is 30.1 Å². The predicted molar refractivity (Wildman–Crippen MR) is 88.1 cm³/mol. The molecule has 0 saturated heterocycles. The zero-order valence-electron chi connectivity index (χ0n) is 12.0. The summed E-state index contributed by atoms with van der Waals surface area (Å²) in [5.41, 5.74) is 2.27. The van der Waals surface area contributed by atoms with E-state index in [4.69, 9.17) is 11.6 Å². The Kier molecular flexibility index (Phi) is 5.26. The van der Waals surface area contributed by atoms with Crippen LogP contribution in [-0.4, -0.2) is 22.3 Å². The summed E-state index contributed by atoms with van der Waals surface area (Å²) in [6.07, 6.45) is 0. The van der Waals surface area contributed by atoms with Crippen molar-refractivity contribution in [3.05, 3.63) is 58.4 Å². The van der Waals surface area contributed by atoms with Crippen LogP contribution < -0.4 is 0 Å². The minimum Gasteiger partial charge on any atom is -0.333 e. The quantitative estimate of drug-likeness (QED) is 0.864. The lowest BCUT2D eigenvalue weighted by Crippen LogP contribution is -2.31. The summed E-state index contributed by atoms with van der Waals surface area (Å²) >= 11 is 10.4. The molecule has 0 fully saturated rings. The second-order valence-corrected chi connectivity index (χ2v) is 5.68. The smallest absolute Gasteiger partial charge is 0.255 e. The van der Waals surface area contributed by atoms with E-state index in [9.17, 15) is 4.79 Å². The van der Waals surface area contributed by atoms with Gasteiger partial charge in [-0.1, -0.05) is 17.7 Å². The molecular formula is C16H17ClN2OS. The number of hydrogen-bond donors (Lipinski definition) is 1. The second kappa shape index (κ2) is 6.96. The molecule has 110 valence electrons. The molecular weight excluding hydrogens is 304 g/mol. The van der Waals surface area contributed by atoms with Gasteiger partial charge in [0.05, 0.1) is 22.8 Å². The van der Waals surface area contributed by atoms with E-state index in [1.807, 2.05) is 32.0 Å². The number of carbonyl (C=O) groups is 1. The molecule has 1 heterocycles. The van der Waals surface area contributed by atoms with E-state index >= 15 is 0 Å². The molecule has 0 aliphatic rings. The van der Waals surface area contributed by atoms with E-state index in [0.29, 0.717) is 28.6 Å². The van der Waals surface area contributed by atoms with Gasteiger partial charge < -0.3 is 4.90 Å². The molecule has 2 aromatic rings. The van der Waals surface area contributed by atoms with E-state index < -0.39 is 0 Å². The molecule has 0 spiro atoms. The van der Waals surface area contributed by atoms with Crippen LogP contribution in [0.1, 0.15) is 28.7 Å². The van der Waals surface area contributed by atoms with Gasteiger partial charge in [-0.15, -0.1) is 12.6 Å². The lowest BCUT2D eigenvalue weighted by Gasteiger charge is -2.21. The summed E-state index contributed by atoms with van der Waals surface area (Å²) in [6, 6.07) is 10.9. The Hall–Kier alpha value is -1.52. The van der Waals surface area contributed by atoms with E-state index in [2.05, 4.69) is 17.6 Å². The Bertz CT molecular complexity index is 660. The first-order valence-electron chi connectivity index (χ1n) is 6.71. The first-order valence-corrected chi connectivity index (χ1v) is 7.54. The van der Waals surface area contributed by atoms with Crippen LogP contribution in [0.15, 0.2) is 41.3 Å². The van der Waals surface area contributed by atoms with Gasteiger partial charge in [0.2, 0.25) is 0 Å². The van der Waals surface area contributed by atoms with Crippen molar-refractivity contribution in [1.29, 1.82) is 0 Å². The minimum atomic E-state index is -0.110. The Labute approximate surface area is 135 Å². The predicted octanol–water partition coefficient (Wildman–Crippen LogP) is 3.99. The van der Waals surface area contributed by atoms with Crippen molar-refractivity contribution in [2.45, 2.75) is 25.3 Å². The van der Waals surface area contributed by atoms with Crippen LogP contribution in [0.3, 0.4) is 0 Å². The highest BCUT2D eigenvalue weighted by Crippen LogP contribution is 2.22. The number of rotatable bonds is 4. The van der Waals surface area contributed by atoms with Crippen LogP contribution in [0.25, 0.3) is 0 Å². The third-order valence-corrected chi connectivity index (χ3v) is 3.76. The van der Waals surface area contributed by atoms with Gasteiger partial charge in [-0.2, -0.15) is 0 Å². The van der Waals surface area contributed by atoms with Gasteiger partial charge >= 0.3 is 0 Å². The van der Waals surface area contributed by atoms with Gasteiger partial charge in [0.25, 0.3) is 5.91 Å². The molecule has 0 atom stereocenters. The van der Waals surface area contributed by atoms with Crippen LogP contribution in [0.4, 0.5) is 0 Å². The molecule has 0 aliphatic heterocycles. The average Bonchev–Trinajstić information content (AvgIpc) is 2.46. The van der Waals surface area contributed by atoms with Crippen LogP contribution >= 0.6 is 24.2 Å². The van der Waals surface area contributed by atoms with Crippen molar-refractivity contribution in [3.63, 3.8) is 0 Å². The normalized spacial score (nSPS) is 10.5. The van der Waals surface area contributed by atoms with Crippen molar-refractivity contribution in [3.8, 4) is 0 Å². The van der Waals surface area contributed by atoms with Gasteiger partial charge in [-0.3, -0.25) is 9.78 Å². The number of aromatic nitrogens is 1. The lowest BCUT2D eigenvalue weighted by molar-refractivity contribution is 0.0750. The molecule has 21 heavy (non-hydrogen) atoms. The molecule has 1 amide bonds. The minimum absolute atomic E-state index is 0.110. The van der Waals surface area contributed by atoms with Gasteiger partial charge in [0, 0.05) is 17.1 Å². The molecule has 5 heteroatoms. The van der Waals surface area contributed by atoms with Crippen LogP contribution in [-0.2, 0) is 6.54 Å². The number of hydrogen-bond acceptors (Lipinski definition) is 3. The maximum atomic E-state index is 12.6. The maximum absolute atomic E-state index is 12.6. The monoisotopic (exact) mass is 320 g/mol.